The molecule has 3 heterocycles. The van der Waals surface area contributed by atoms with Crippen LogP contribution in [-0.2, 0) is 0 Å². The summed E-state index contributed by atoms with van der Waals surface area (Å²) in [6.45, 7) is 0. The Morgan fingerprint density at radius 3 is 0.953 bits per heavy atom. The summed E-state index contributed by atoms with van der Waals surface area (Å²) < 4.78 is 20.1. The van der Waals surface area contributed by atoms with Gasteiger partial charge in [-0.25, -0.2) is 0 Å². The number of fused-ring (bicyclic) bond motifs is 3. The van der Waals surface area contributed by atoms with Crippen molar-refractivity contribution in [2.24, 2.45) is 0 Å². The highest BCUT2D eigenvalue weighted by atomic mass is 16.3. The molecule has 9 aromatic carbocycles. The highest BCUT2D eigenvalue weighted by Crippen LogP contribution is 2.47. The van der Waals surface area contributed by atoms with E-state index in [-0.39, 0.29) is 0 Å². The third-order valence-electron chi connectivity index (χ3n) is 12.1. The summed E-state index contributed by atoms with van der Waals surface area (Å²) in [5.41, 5.74) is 15.0. The molecule has 0 aliphatic rings. The Kier molecular flexibility index (Phi) is 9.12. The van der Waals surface area contributed by atoms with Crippen LogP contribution in [0.15, 0.2) is 250 Å². The Morgan fingerprint density at radius 1 is 0.234 bits per heavy atom. The van der Waals surface area contributed by atoms with Gasteiger partial charge in [0, 0.05) is 66.6 Å². The Hall–Kier alpha value is -8.60. The van der Waals surface area contributed by atoms with Crippen molar-refractivity contribution < 1.29 is 13.3 Å². The summed E-state index contributed by atoms with van der Waals surface area (Å²) in [7, 11) is 0. The molecular formula is C60H39NO3. The summed E-state index contributed by atoms with van der Waals surface area (Å²) >= 11 is 0. The van der Waals surface area contributed by atoms with Crippen LogP contribution in [0.3, 0.4) is 0 Å². The number of furan rings is 3. The van der Waals surface area contributed by atoms with E-state index in [1.807, 2.05) is 54.6 Å². The van der Waals surface area contributed by atoms with E-state index in [4.69, 9.17) is 13.3 Å². The second-order valence-corrected chi connectivity index (χ2v) is 16.0. The van der Waals surface area contributed by atoms with E-state index in [0.29, 0.717) is 0 Å². The van der Waals surface area contributed by atoms with Crippen LogP contribution in [0.5, 0.6) is 0 Å². The number of benzene rings is 9. The monoisotopic (exact) mass is 821 g/mol. The van der Waals surface area contributed by atoms with Gasteiger partial charge in [-0.3, -0.25) is 0 Å². The Labute approximate surface area is 370 Å². The highest BCUT2D eigenvalue weighted by molar-refractivity contribution is 6.04. The van der Waals surface area contributed by atoms with Gasteiger partial charge in [0.25, 0.3) is 0 Å². The maximum Gasteiger partial charge on any atom is 0.143 e. The summed E-state index contributed by atoms with van der Waals surface area (Å²) in [6, 6.07) is 82.3. The van der Waals surface area contributed by atoms with Crippen molar-refractivity contribution in [1.82, 2.24) is 0 Å². The smallest absolute Gasteiger partial charge is 0.143 e. The van der Waals surface area contributed by atoms with Gasteiger partial charge in [0.2, 0.25) is 0 Å². The zero-order chi connectivity index (χ0) is 42.4. The van der Waals surface area contributed by atoms with E-state index in [1.54, 1.807) is 0 Å². The number of hydrogen-bond donors (Lipinski definition) is 0. The topological polar surface area (TPSA) is 42.7 Å². The number of hydrogen-bond acceptors (Lipinski definition) is 4. The average molecular weight is 822 g/mol. The lowest BCUT2D eigenvalue weighted by Crippen LogP contribution is -2.10. The maximum absolute atomic E-state index is 6.74. The van der Waals surface area contributed by atoms with Crippen LogP contribution < -0.4 is 4.90 Å². The zero-order valence-electron chi connectivity index (χ0n) is 34.7. The first-order chi connectivity index (χ1) is 31.7. The van der Waals surface area contributed by atoms with E-state index < -0.39 is 0 Å². The molecule has 4 heteroatoms. The fourth-order valence-electron chi connectivity index (χ4n) is 9.20. The van der Waals surface area contributed by atoms with Crippen molar-refractivity contribution in [3.05, 3.63) is 237 Å². The van der Waals surface area contributed by atoms with E-state index in [0.717, 1.165) is 117 Å². The van der Waals surface area contributed by atoms with Gasteiger partial charge >= 0.3 is 0 Å². The number of anilines is 3. The number of para-hydroxylation sites is 3. The van der Waals surface area contributed by atoms with Gasteiger partial charge in [0.15, 0.2) is 0 Å². The molecule has 0 bridgehead atoms. The fourth-order valence-corrected chi connectivity index (χ4v) is 9.20. The third kappa shape index (κ3) is 6.48. The standard InChI is InChI=1S/C60H39NO3/c1-4-18-40(19-5-1)55-49-28-10-13-31-52(49)62-58(55)43-34-36-46(37-35-43)61(47-26-16-24-44(38-47)59-56(41-20-6-2-7-21-41)50-29-11-14-32-53(50)63-59)48-27-17-25-45(39-48)60-57(42-22-8-3-9-23-42)51-30-12-15-33-54(51)64-60/h1-39H. The van der Waals surface area contributed by atoms with E-state index in [2.05, 4.69) is 187 Å². The van der Waals surface area contributed by atoms with Gasteiger partial charge in [0.05, 0.1) is 0 Å². The molecule has 0 N–H and O–H groups in total. The second kappa shape index (κ2) is 15.7. The van der Waals surface area contributed by atoms with Gasteiger partial charge < -0.3 is 18.2 Å². The minimum atomic E-state index is 0.825. The average Bonchev–Trinajstić information content (AvgIpc) is 4.08. The predicted octanol–water partition coefficient (Wildman–Crippen LogP) is 17.4. The SMILES string of the molecule is c1ccc(-c2c(-c3ccc(N(c4cccc(-c5oc6ccccc6c5-c5ccccc5)c4)c4cccc(-c5oc6ccccc6c5-c5ccccc5)c4)cc3)oc3ccccc23)cc1. The van der Waals surface area contributed by atoms with Crippen molar-refractivity contribution >= 4 is 50.0 Å². The van der Waals surface area contributed by atoms with Gasteiger partial charge in [-0.1, -0.05) is 170 Å². The summed E-state index contributed by atoms with van der Waals surface area (Å²) in [5.74, 6) is 2.49. The van der Waals surface area contributed by atoms with Crippen LogP contribution in [0.1, 0.15) is 0 Å². The van der Waals surface area contributed by atoms with Crippen molar-refractivity contribution in [2.75, 3.05) is 4.90 Å². The van der Waals surface area contributed by atoms with E-state index in [9.17, 15) is 0 Å². The third-order valence-corrected chi connectivity index (χ3v) is 12.1. The second-order valence-electron chi connectivity index (χ2n) is 16.0. The molecule has 0 aliphatic carbocycles. The van der Waals surface area contributed by atoms with Crippen molar-refractivity contribution in [3.8, 4) is 67.4 Å². The molecule has 12 rings (SSSR count). The maximum atomic E-state index is 6.74. The van der Waals surface area contributed by atoms with Crippen molar-refractivity contribution in [2.45, 2.75) is 0 Å². The predicted molar refractivity (Wildman–Crippen MR) is 263 cm³/mol. The first-order valence-electron chi connectivity index (χ1n) is 21.6. The summed E-state index contributed by atoms with van der Waals surface area (Å²) in [4.78, 5) is 2.31. The lowest BCUT2D eigenvalue weighted by Gasteiger charge is -2.26. The number of rotatable bonds is 9. The molecule has 3 aromatic heterocycles. The molecule has 12 aromatic rings. The van der Waals surface area contributed by atoms with Crippen LogP contribution in [0, 0.1) is 0 Å². The van der Waals surface area contributed by atoms with E-state index >= 15 is 0 Å². The van der Waals surface area contributed by atoms with Gasteiger partial charge in [-0.15, -0.1) is 0 Å². The zero-order valence-corrected chi connectivity index (χ0v) is 34.7. The quantitative estimate of drug-likeness (QED) is 0.145. The molecule has 0 radical (unpaired) electrons. The molecule has 0 aliphatic heterocycles. The molecule has 302 valence electrons. The Bertz CT molecular complexity index is 3440. The van der Waals surface area contributed by atoms with Gasteiger partial charge in [0.1, 0.15) is 34.0 Å². The molecule has 0 unspecified atom stereocenters. The first-order valence-corrected chi connectivity index (χ1v) is 21.6. The van der Waals surface area contributed by atoms with Crippen LogP contribution >= 0.6 is 0 Å². The van der Waals surface area contributed by atoms with Crippen molar-refractivity contribution in [3.63, 3.8) is 0 Å². The fraction of sp³-hybridized carbons (Fsp3) is 0. The van der Waals surface area contributed by atoms with Crippen LogP contribution in [-0.4, -0.2) is 0 Å². The molecule has 0 amide bonds. The number of nitrogens with zero attached hydrogens (tertiary/aromatic N) is 1. The molecule has 0 spiro atoms. The van der Waals surface area contributed by atoms with E-state index in [1.165, 1.54) is 0 Å². The molecule has 0 saturated heterocycles. The first kappa shape index (κ1) is 37.2. The van der Waals surface area contributed by atoms with Crippen LogP contribution in [0.2, 0.25) is 0 Å². The largest absolute Gasteiger partial charge is 0.455 e. The summed E-state index contributed by atoms with van der Waals surface area (Å²) in [6.07, 6.45) is 0. The minimum absolute atomic E-state index is 0.825. The normalized spacial score (nSPS) is 11.4. The Balaban J connectivity index is 1.03. The van der Waals surface area contributed by atoms with Gasteiger partial charge in [-0.2, -0.15) is 0 Å². The lowest BCUT2D eigenvalue weighted by atomic mass is 9.97. The lowest BCUT2D eigenvalue weighted by molar-refractivity contribution is 0.632. The molecule has 64 heavy (non-hydrogen) atoms. The van der Waals surface area contributed by atoms with Crippen LogP contribution in [0.25, 0.3) is 100 Å². The minimum Gasteiger partial charge on any atom is -0.455 e. The molecule has 0 fully saturated rings. The molecule has 0 atom stereocenters. The molecule has 0 saturated carbocycles. The molecule has 4 nitrogen and oxygen atoms in total. The Morgan fingerprint density at radius 2 is 0.562 bits per heavy atom. The van der Waals surface area contributed by atoms with Crippen molar-refractivity contribution in [1.29, 1.82) is 0 Å². The summed E-state index contributed by atoms with van der Waals surface area (Å²) in [5, 5.41) is 3.24. The molecular weight excluding hydrogens is 783 g/mol. The van der Waals surface area contributed by atoms with Crippen LogP contribution in [0.4, 0.5) is 17.1 Å². The van der Waals surface area contributed by atoms with Gasteiger partial charge in [-0.05, 0) is 83.4 Å². The highest BCUT2D eigenvalue weighted by Gasteiger charge is 2.23.